The van der Waals surface area contributed by atoms with Gasteiger partial charge in [-0.3, -0.25) is 0 Å². The number of pyridine rings is 1. The molecule has 0 amide bonds. The van der Waals surface area contributed by atoms with Crippen LogP contribution in [0.1, 0.15) is 10.5 Å². The van der Waals surface area contributed by atoms with Crippen LogP contribution in [0, 0.1) is 0 Å². The van der Waals surface area contributed by atoms with Crippen molar-refractivity contribution >= 4 is 34.4 Å². The average molecular weight is 282 g/mol. The Morgan fingerprint density at radius 1 is 1.32 bits per heavy atom. The quantitative estimate of drug-likeness (QED) is 0.890. The van der Waals surface area contributed by atoms with E-state index >= 15 is 0 Å². The van der Waals surface area contributed by atoms with Gasteiger partial charge in [-0.25, -0.2) is 14.6 Å². The van der Waals surface area contributed by atoms with Crippen LogP contribution >= 0.6 is 11.6 Å². The number of aliphatic carboxylic acids is 1. The lowest BCUT2D eigenvalue weighted by molar-refractivity contribution is -0.139. The second-order valence-corrected chi connectivity index (χ2v) is 4.04. The van der Waals surface area contributed by atoms with Crippen molar-refractivity contribution in [1.29, 1.82) is 0 Å². The van der Waals surface area contributed by atoms with Crippen molar-refractivity contribution in [3.8, 4) is 5.75 Å². The van der Waals surface area contributed by atoms with Crippen LogP contribution in [-0.2, 0) is 4.79 Å². The van der Waals surface area contributed by atoms with Gasteiger partial charge in [-0.2, -0.15) is 0 Å². The van der Waals surface area contributed by atoms with Gasteiger partial charge in [-0.1, -0.05) is 17.7 Å². The maximum atomic E-state index is 11.0. The fourth-order valence-corrected chi connectivity index (χ4v) is 1.77. The number of ether oxygens (including phenoxy) is 1. The van der Waals surface area contributed by atoms with Crippen molar-refractivity contribution in [2.24, 2.45) is 0 Å². The number of carboxylic acids is 2. The number of hydrogen-bond acceptors (Lipinski definition) is 4. The Bertz CT molecular complexity index is 670. The minimum Gasteiger partial charge on any atom is -0.481 e. The van der Waals surface area contributed by atoms with Crippen molar-refractivity contribution < 1.29 is 24.5 Å². The highest BCUT2D eigenvalue weighted by Crippen LogP contribution is 2.30. The Balaban J connectivity index is 2.61. The van der Waals surface area contributed by atoms with Crippen molar-refractivity contribution in [3.63, 3.8) is 0 Å². The van der Waals surface area contributed by atoms with Gasteiger partial charge in [0.25, 0.3) is 0 Å². The summed E-state index contributed by atoms with van der Waals surface area (Å²) in [6, 6.07) is 5.99. The van der Waals surface area contributed by atoms with Crippen LogP contribution in [0.15, 0.2) is 24.3 Å². The SMILES string of the molecule is O=C(O)COc1cc(C(=O)O)nc2c(Cl)cccc12. The molecule has 19 heavy (non-hydrogen) atoms. The van der Waals surface area contributed by atoms with Crippen LogP contribution in [-0.4, -0.2) is 33.7 Å². The Kier molecular flexibility index (Phi) is 3.52. The molecule has 2 N–H and O–H groups in total. The Morgan fingerprint density at radius 2 is 2.05 bits per heavy atom. The zero-order valence-corrected chi connectivity index (χ0v) is 10.2. The standard InChI is InChI=1S/C12H8ClNO5/c13-7-3-1-2-6-9(19-5-10(15)16)4-8(12(17)18)14-11(6)7/h1-4H,5H2,(H,15,16)(H,17,18). The summed E-state index contributed by atoms with van der Waals surface area (Å²) in [5, 5.41) is 18.3. The van der Waals surface area contributed by atoms with Crippen LogP contribution in [0.5, 0.6) is 5.75 Å². The third-order valence-corrected chi connectivity index (χ3v) is 2.63. The molecule has 1 aromatic heterocycles. The molecule has 0 spiro atoms. The Labute approximate surface area is 112 Å². The van der Waals surface area contributed by atoms with E-state index in [2.05, 4.69) is 4.98 Å². The van der Waals surface area contributed by atoms with E-state index in [0.717, 1.165) is 0 Å². The van der Waals surface area contributed by atoms with Gasteiger partial charge in [0.15, 0.2) is 12.3 Å². The molecule has 0 fully saturated rings. The molecule has 0 bridgehead atoms. The third-order valence-electron chi connectivity index (χ3n) is 2.32. The predicted molar refractivity (Wildman–Crippen MR) is 66.8 cm³/mol. The summed E-state index contributed by atoms with van der Waals surface area (Å²) in [4.78, 5) is 25.4. The van der Waals surface area contributed by atoms with E-state index in [-0.39, 0.29) is 22.0 Å². The van der Waals surface area contributed by atoms with Gasteiger partial charge in [-0.05, 0) is 12.1 Å². The van der Waals surface area contributed by atoms with Crippen LogP contribution in [0.3, 0.4) is 0 Å². The van der Waals surface area contributed by atoms with Crippen molar-refractivity contribution in [2.75, 3.05) is 6.61 Å². The fraction of sp³-hybridized carbons (Fsp3) is 0.0833. The first-order valence-corrected chi connectivity index (χ1v) is 5.54. The first-order valence-electron chi connectivity index (χ1n) is 5.16. The fourth-order valence-electron chi connectivity index (χ4n) is 1.55. The van der Waals surface area contributed by atoms with E-state index in [4.69, 9.17) is 26.6 Å². The van der Waals surface area contributed by atoms with E-state index in [9.17, 15) is 9.59 Å². The molecule has 2 rings (SSSR count). The smallest absolute Gasteiger partial charge is 0.354 e. The first kappa shape index (κ1) is 13.1. The average Bonchev–Trinajstić information content (AvgIpc) is 2.36. The number of carboxylic acid groups (broad SMARTS) is 2. The lowest BCUT2D eigenvalue weighted by Gasteiger charge is -2.09. The second-order valence-electron chi connectivity index (χ2n) is 3.63. The summed E-state index contributed by atoms with van der Waals surface area (Å²) < 4.78 is 5.07. The van der Waals surface area contributed by atoms with Gasteiger partial charge in [0.2, 0.25) is 0 Å². The largest absolute Gasteiger partial charge is 0.481 e. The van der Waals surface area contributed by atoms with Crippen LogP contribution < -0.4 is 4.74 Å². The van der Waals surface area contributed by atoms with Gasteiger partial charge < -0.3 is 14.9 Å². The molecule has 0 atom stereocenters. The summed E-state index contributed by atoms with van der Waals surface area (Å²) in [7, 11) is 0. The van der Waals surface area contributed by atoms with Crippen LogP contribution in [0.4, 0.5) is 0 Å². The zero-order valence-electron chi connectivity index (χ0n) is 9.46. The highest BCUT2D eigenvalue weighted by molar-refractivity contribution is 6.35. The van der Waals surface area contributed by atoms with Gasteiger partial charge in [0.05, 0.1) is 10.5 Å². The number of rotatable bonds is 4. The van der Waals surface area contributed by atoms with Gasteiger partial charge in [0, 0.05) is 11.5 Å². The van der Waals surface area contributed by atoms with Crippen LogP contribution in [0.2, 0.25) is 5.02 Å². The molecule has 0 aliphatic rings. The molecule has 0 aliphatic carbocycles. The van der Waals surface area contributed by atoms with Crippen molar-refractivity contribution in [3.05, 3.63) is 35.0 Å². The first-order chi connectivity index (χ1) is 8.99. The number of aromatic nitrogens is 1. The highest BCUT2D eigenvalue weighted by Gasteiger charge is 2.14. The van der Waals surface area contributed by atoms with E-state index < -0.39 is 18.5 Å². The van der Waals surface area contributed by atoms with Gasteiger partial charge in [0.1, 0.15) is 5.75 Å². The maximum absolute atomic E-state index is 11.0. The monoisotopic (exact) mass is 281 g/mol. The number of para-hydroxylation sites is 1. The number of aromatic carboxylic acids is 1. The molecular weight excluding hydrogens is 274 g/mol. The highest BCUT2D eigenvalue weighted by atomic mass is 35.5. The number of nitrogens with zero attached hydrogens (tertiary/aromatic N) is 1. The number of carbonyl (C=O) groups is 2. The van der Waals surface area contributed by atoms with E-state index in [1.165, 1.54) is 6.07 Å². The topological polar surface area (TPSA) is 96.7 Å². The Hall–Kier alpha value is -2.34. The molecule has 1 aromatic carbocycles. The Morgan fingerprint density at radius 3 is 2.68 bits per heavy atom. The molecule has 7 heteroatoms. The lowest BCUT2D eigenvalue weighted by atomic mass is 10.2. The van der Waals surface area contributed by atoms with E-state index in [1.54, 1.807) is 18.2 Å². The molecule has 1 heterocycles. The normalized spacial score (nSPS) is 10.4. The molecule has 0 unspecified atom stereocenters. The zero-order chi connectivity index (χ0) is 14.0. The molecular formula is C12H8ClNO5. The number of benzene rings is 1. The number of fused-ring (bicyclic) bond motifs is 1. The van der Waals surface area contributed by atoms with Crippen molar-refractivity contribution in [2.45, 2.75) is 0 Å². The predicted octanol–water partition coefficient (Wildman–Crippen LogP) is 2.05. The maximum Gasteiger partial charge on any atom is 0.354 e. The molecule has 0 aliphatic heterocycles. The lowest BCUT2D eigenvalue weighted by Crippen LogP contribution is -2.11. The summed E-state index contributed by atoms with van der Waals surface area (Å²) in [6.07, 6.45) is 0. The molecule has 0 saturated carbocycles. The summed E-state index contributed by atoms with van der Waals surface area (Å²) in [5.74, 6) is -2.29. The molecule has 98 valence electrons. The number of halogens is 1. The van der Waals surface area contributed by atoms with E-state index in [1.807, 2.05) is 0 Å². The second kappa shape index (κ2) is 5.11. The summed E-state index contributed by atoms with van der Waals surface area (Å²) >= 11 is 5.94. The molecule has 0 saturated heterocycles. The third kappa shape index (κ3) is 2.74. The summed E-state index contributed by atoms with van der Waals surface area (Å²) in [6.45, 7) is -0.579. The number of hydrogen-bond donors (Lipinski definition) is 2. The molecule has 6 nitrogen and oxygen atoms in total. The molecule has 0 radical (unpaired) electrons. The minimum atomic E-state index is -1.25. The minimum absolute atomic E-state index is 0.118. The van der Waals surface area contributed by atoms with E-state index in [0.29, 0.717) is 5.39 Å². The van der Waals surface area contributed by atoms with Gasteiger partial charge >= 0.3 is 11.9 Å². The van der Waals surface area contributed by atoms with Crippen molar-refractivity contribution in [1.82, 2.24) is 4.98 Å². The summed E-state index contributed by atoms with van der Waals surface area (Å²) in [5.41, 5.74) is -0.00885. The molecule has 2 aromatic rings. The van der Waals surface area contributed by atoms with Gasteiger partial charge in [-0.15, -0.1) is 0 Å². The van der Waals surface area contributed by atoms with Crippen LogP contribution in [0.25, 0.3) is 10.9 Å².